The number of aryl methyl sites for hydroxylation is 1. The van der Waals surface area contributed by atoms with Crippen LogP contribution in [0, 0.1) is 12.7 Å². The summed E-state index contributed by atoms with van der Waals surface area (Å²) in [7, 11) is 0. The Balaban J connectivity index is 2.41. The minimum atomic E-state index is -0.633. The lowest BCUT2D eigenvalue weighted by Crippen LogP contribution is -2.45. The zero-order valence-corrected chi connectivity index (χ0v) is 10.2. The van der Waals surface area contributed by atoms with Crippen LogP contribution in [-0.2, 0) is 9.67 Å². The monoisotopic (exact) mass is 239 g/mol. The molecule has 16 heavy (non-hydrogen) atoms. The Morgan fingerprint density at radius 3 is 2.94 bits per heavy atom. The molecule has 1 aromatic rings. The van der Waals surface area contributed by atoms with E-state index in [1.54, 1.807) is 23.9 Å². The van der Waals surface area contributed by atoms with Crippen LogP contribution in [-0.4, -0.2) is 11.7 Å². The van der Waals surface area contributed by atoms with E-state index in [0.717, 1.165) is 11.3 Å². The third-order valence-corrected chi connectivity index (χ3v) is 4.04. The summed E-state index contributed by atoms with van der Waals surface area (Å²) in [5.74, 6) is 0.459. The van der Waals surface area contributed by atoms with Crippen molar-refractivity contribution in [2.75, 3.05) is 5.75 Å². The standard InChI is InChI=1S/C12H14FNOS/c1-8-3-4-10(13)9(7-8)12(2)14-11(15)5-6-16-12/h3-4,7H,5-6H2,1-2H3,(H,14,15). The Morgan fingerprint density at radius 2 is 2.25 bits per heavy atom. The fourth-order valence-corrected chi connectivity index (χ4v) is 3.06. The summed E-state index contributed by atoms with van der Waals surface area (Å²) in [6, 6.07) is 4.99. The van der Waals surface area contributed by atoms with E-state index in [4.69, 9.17) is 0 Å². The van der Waals surface area contributed by atoms with E-state index in [2.05, 4.69) is 5.32 Å². The molecule has 0 aromatic heterocycles. The van der Waals surface area contributed by atoms with Gasteiger partial charge in [-0.1, -0.05) is 11.6 Å². The molecule has 4 heteroatoms. The van der Waals surface area contributed by atoms with Crippen LogP contribution in [0.5, 0.6) is 0 Å². The number of carbonyl (C=O) groups excluding carboxylic acids is 1. The summed E-state index contributed by atoms with van der Waals surface area (Å²) in [6.07, 6.45) is 0.508. The van der Waals surface area contributed by atoms with Crippen molar-refractivity contribution >= 4 is 17.7 Å². The van der Waals surface area contributed by atoms with E-state index in [-0.39, 0.29) is 11.7 Å². The van der Waals surface area contributed by atoms with Crippen molar-refractivity contribution in [1.29, 1.82) is 0 Å². The first kappa shape index (κ1) is 11.5. The van der Waals surface area contributed by atoms with Gasteiger partial charge in [-0.3, -0.25) is 4.79 Å². The second-order valence-corrected chi connectivity index (χ2v) is 5.68. The van der Waals surface area contributed by atoms with Gasteiger partial charge >= 0.3 is 0 Å². The molecule has 1 unspecified atom stereocenters. The van der Waals surface area contributed by atoms with Gasteiger partial charge in [0.15, 0.2) is 0 Å². The quantitative estimate of drug-likeness (QED) is 0.816. The average molecular weight is 239 g/mol. The predicted molar refractivity (Wildman–Crippen MR) is 63.7 cm³/mol. The van der Waals surface area contributed by atoms with Gasteiger partial charge in [0, 0.05) is 17.7 Å². The molecular weight excluding hydrogens is 225 g/mol. The number of hydrogen-bond donors (Lipinski definition) is 1. The maximum Gasteiger partial charge on any atom is 0.222 e. The molecule has 1 saturated heterocycles. The van der Waals surface area contributed by atoms with E-state index < -0.39 is 4.87 Å². The van der Waals surface area contributed by atoms with Crippen molar-refractivity contribution in [3.05, 3.63) is 35.1 Å². The van der Waals surface area contributed by atoms with Gasteiger partial charge in [-0.05, 0) is 26.0 Å². The van der Waals surface area contributed by atoms with Gasteiger partial charge in [0.05, 0.1) is 0 Å². The SMILES string of the molecule is Cc1ccc(F)c(C2(C)NC(=O)CCS2)c1. The molecule has 1 atom stereocenters. The van der Waals surface area contributed by atoms with Crippen molar-refractivity contribution < 1.29 is 9.18 Å². The first-order valence-electron chi connectivity index (χ1n) is 5.23. The molecule has 1 aromatic carbocycles. The van der Waals surface area contributed by atoms with Crippen LogP contribution in [0.15, 0.2) is 18.2 Å². The summed E-state index contributed by atoms with van der Waals surface area (Å²) in [6.45, 7) is 3.77. The van der Waals surface area contributed by atoms with Crippen LogP contribution in [0.25, 0.3) is 0 Å². The maximum atomic E-state index is 13.8. The van der Waals surface area contributed by atoms with Gasteiger partial charge in [0.2, 0.25) is 5.91 Å². The summed E-state index contributed by atoms with van der Waals surface area (Å²) in [5.41, 5.74) is 1.56. The number of thioether (sulfide) groups is 1. The van der Waals surface area contributed by atoms with Gasteiger partial charge < -0.3 is 5.32 Å². The van der Waals surface area contributed by atoms with Crippen LogP contribution < -0.4 is 5.32 Å². The second-order valence-electron chi connectivity index (χ2n) is 4.16. The highest BCUT2D eigenvalue weighted by Gasteiger charge is 2.34. The van der Waals surface area contributed by atoms with Gasteiger partial charge in [-0.25, -0.2) is 4.39 Å². The highest BCUT2D eigenvalue weighted by atomic mass is 32.2. The van der Waals surface area contributed by atoms with Gasteiger partial charge in [0.25, 0.3) is 0 Å². The average Bonchev–Trinajstić information content (AvgIpc) is 2.21. The van der Waals surface area contributed by atoms with E-state index in [0.29, 0.717) is 12.0 Å². The molecule has 1 amide bonds. The maximum absolute atomic E-state index is 13.8. The third-order valence-electron chi connectivity index (χ3n) is 2.73. The number of halogens is 1. The van der Waals surface area contributed by atoms with Gasteiger partial charge in [0.1, 0.15) is 10.7 Å². The Morgan fingerprint density at radius 1 is 1.50 bits per heavy atom. The lowest BCUT2D eigenvalue weighted by molar-refractivity contribution is -0.122. The van der Waals surface area contributed by atoms with Crippen LogP contribution >= 0.6 is 11.8 Å². The Hall–Kier alpha value is -1.03. The first-order valence-corrected chi connectivity index (χ1v) is 6.21. The fraction of sp³-hybridized carbons (Fsp3) is 0.417. The highest BCUT2D eigenvalue weighted by Crippen LogP contribution is 2.38. The smallest absolute Gasteiger partial charge is 0.222 e. The van der Waals surface area contributed by atoms with Crippen LogP contribution in [0.3, 0.4) is 0 Å². The molecule has 1 N–H and O–H groups in total. The first-order chi connectivity index (χ1) is 7.51. The summed E-state index contributed by atoms with van der Waals surface area (Å²) in [5, 5.41) is 2.86. The number of hydrogen-bond acceptors (Lipinski definition) is 2. The zero-order chi connectivity index (χ0) is 11.8. The van der Waals surface area contributed by atoms with Gasteiger partial charge in [-0.15, -0.1) is 11.8 Å². The minimum absolute atomic E-state index is 0.0119. The molecule has 0 bridgehead atoms. The largest absolute Gasteiger partial charge is 0.338 e. The van der Waals surface area contributed by atoms with Gasteiger partial charge in [-0.2, -0.15) is 0 Å². The topological polar surface area (TPSA) is 29.1 Å². The van der Waals surface area contributed by atoms with Crippen LogP contribution in [0.1, 0.15) is 24.5 Å². The molecule has 1 heterocycles. The number of amides is 1. The summed E-state index contributed by atoms with van der Waals surface area (Å²) >= 11 is 1.57. The Labute approximate surface area is 98.6 Å². The number of carbonyl (C=O) groups is 1. The van der Waals surface area contributed by atoms with Crippen molar-refractivity contribution in [2.24, 2.45) is 0 Å². The lowest BCUT2D eigenvalue weighted by atomic mass is 10.0. The molecule has 1 fully saturated rings. The summed E-state index contributed by atoms with van der Waals surface area (Å²) in [4.78, 5) is 10.8. The number of nitrogens with one attached hydrogen (secondary N) is 1. The minimum Gasteiger partial charge on any atom is -0.338 e. The van der Waals surface area contributed by atoms with E-state index >= 15 is 0 Å². The van der Waals surface area contributed by atoms with Crippen LogP contribution in [0.4, 0.5) is 4.39 Å². The molecule has 0 radical (unpaired) electrons. The second kappa shape index (κ2) is 4.09. The van der Waals surface area contributed by atoms with Crippen LogP contribution in [0.2, 0.25) is 0 Å². The third kappa shape index (κ3) is 2.07. The Bertz CT molecular complexity index is 435. The van der Waals surface area contributed by atoms with E-state index in [1.165, 1.54) is 6.07 Å². The Kier molecular flexibility index (Phi) is 2.93. The molecule has 0 saturated carbocycles. The molecular formula is C12H14FNOS. The van der Waals surface area contributed by atoms with Crippen molar-refractivity contribution in [3.63, 3.8) is 0 Å². The molecule has 0 aliphatic carbocycles. The molecule has 0 spiro atoms. The van der Waals surface area contributed by atoms with Crippen molar-refractivity contribution in [3.8, 4) is 0 Å². The predicted octanol–water partition coefficient (Wildman–Crippen LogP) is 2.56. The van der Waals surface area contributed by atoms with E-state index in [1.807, 2.05) is 13.8 Å². The molecule has 1 aliphatic heterocycles. The van der Waals surface area contributed by atoms with Crippen molar-refractivity contribution in [2.45, 2.75) is 25.1 Å². The van der Waals surface area contributed by atoms with E-state index in [9.17, 15) is 9.18 Å². The fourth-order valence-electron chi connectivity index (χ4n) is 1.86. The molecule has 1 aliphatic rings. The highest BCUT2D eigenvalue weighted by molar-refractivity contribution is 8.00. The van der Waals surface area contributed by atoms with Crippen molar-refractivity contribution in [1.82, 2.24) is 5.32 Å². The number of benzene rings is 1. The molecule has 86 valence electrons. The molecule has 2 nitrogen and oxygen atoms in total. The normalized spacial score (nSPS) is 25.3. The zero-order valence-electron chi connectivity index (χ0n) is 9.34. The summed E-state index contributed by atoms with van der Waals surface area (Å²) < 4.78 is 13.8. The number of rotatable bonds is 1. The molecule has 2 rings (SSSR count). The lowest BCUT2D eigenvalue weighted by Gasteiger charge is -2.34.